The second kappa shape index (κ2) is 13.0. The lowest BCUT2D eigenvalue weighted by Crippen LogP contribution is -2.93. The molecule has 6 N–H and O–H groups in total. The summed E-state index contributed by atoms with van der Waals surface area (Å²) >= 11 is 0. The van der Waals surface area contributed by atoms with Crippen LogP contribution in [-0.2, 0) is 22.6 Å². The lowest BCUT2D eigenvalue weighted by molar-refractivity contribution is -0.695. The van der Waals surface area contributed by atoms with Gasteiger partial charge in [0.1, 0.15) is 6.54 Å². The Kier molecular flexibility index (Phi) is 9.25. The van der Waals surface area contributed by atoms with Crippen molar-refractivity contribution in [1.29, 1.82) is 0 Å². The molecule has 0 spiro atoms. The topological polar surface area (TPSA) is 101 Å². The largest absolute Gasteiger partial charge is 0.354 e. The van der Waals surface area contributed by atoms with Crippen LogP contribution in [0.5, 0.6) is 0 Å². The van der Waals surface area contributed by atoms with E-state index in [1.54, 1.807) is 0 Å². The molecule has 3 aromatic carbocycles. The SMILES string of the molecule is N[C@@H](CCCCNC(=O)[C@@H]1Cc2ccccc2C[NH2+]1)C(=O)NCC(c1ccccc1)c1ccccc1. The van der Waals surface area contributed by atoms with E-state index in [2.05, 4.69) is 52.3 Å². The number of nitrogens with one attached hydrogen (secondary N) is 2. The highest BCUT2D eigenvalue weighted by molar-refractivity contribution is 5.81. The molecule has 36 heavy (non-hydrogen) atoms. The van der Waals surface area contributed by atoms with E-state index in [-0.39, 0.29) is 23.8 Å². The predicted molar refractivity (Wildman–Crippen MR) is 142 cm³/mol. The Morgan fingerprint density at radius 2 is 1.44 bits per heavy atom. The molecule has 4 rings (SSSR count). The van der Waals surface area contributed by atoms with E-state index in [9.17, 15) is 9.59 Å². The number of nitrogens with two attached hydrogens (primary N) is 2. The molecule has 0 aromatic heterocycles. The van der Waals surface area contributed by atoms with Gasteiger partial charge in [-0.25, -0.2) is 0 Å². The third-order valence-electron chi connectivity index (χ3n) is 6.98. The molecular formula is C30H37N4O2+. The lowest BCUT2D eigenvalue weighted by Gasteiger charge is -2.22. The highest BCUT2D eigenvalue weighted by Crippen LogP contribution is 2.23. The summed E-state index contributed by atoms with van der Waals surface area (Å²) in [5.41, 5.74) is 11.1. The zero-order valence-electron chi connectivity index (χ0n) is 20.7. The summed E-state index contributed by atoms with van der Waals surface area (Å²) in [5.74, 6) is 0.0214. The van der Waals surface area contributed by atoms with Crippen LogP contribution in [0.2, 0.25) is 0 Å². The first-order chi connectivity index (χ1) is 17.6. The molecule has 2 amide bonds. The van der Waals surface area contributed by atoms with Gasteiger partial charge in [-0.2, -0.15) is 0 Å². The van der Waals surface area contributed by atoms with Gasteiger partial charge < -0.3 is 21.7 Å². The number of amides is 2. The Bertz CT molecular complexity index is 1080. The molecule has 6 nitrogen and oxygen atoms in total. The van der Waals surface area contributed by atoms with Crippen molar-refractivity contribution >= 4 is 11.8 Å². The van der Waals surface area contributed by atoms with Gasteiger partial charge in [0.25, 0.3) is 5.91 Å². The van der Waals surface area contributed by atoms with Gasteiger partial charge >= 0.3 is 0 Å². The van der Waals surface area contributed by atoms with Gasteiger partial charge in [0.15, 0.2) is 6.04 Å². The molecule has 1 aliphatic heterocycles. The molecule has 0 bridgehead atoms. The summed E-state index contributed by atoms with van der Waals surface area (Å²) in [7, 11) is 0. The van der Waals surface area contributed by atoms with E-state index in [1.165, 1.54) is 11.1 Å². The zero-order chi connectivity index (χ0) is 25.2. The summed E-state index contributed by atoms with van der Waals surface area (Å²) in [6.07, 6.45) is 2.94. The minimum atomic E-state index is -0.559. The second-order valence-corrected chi connectivity index (χ2v) is 9.53. The second-order valence-electron chi connectivity index (χ2n) is 9.53. The van der Waals surface area contributed by atoms with Crippen molar-refractivity contribution < 1.29 is 14.9 Å². The molecule has 188 valence electrons. The summed E-state index contributed by atoms with van der Waals surface area (Å²) in [6, 6.07) is 28.1. The molecule has 3 aromatic rings. The van der Waals surface area contributed by atoms with Crippen molar-refractivity contribution in [3.05, 3.63) is 107 Å². The van der Waals surface area contributed by atoms with Crippen molar-refractivity contribution in [3.8, 4) is 0 Å². The standard InChI is InChI=1S/C30H36N4O2/c31-27(17-9-10-18-32-30(36)28-19-24-15-7-8-16-25(24)20-33-28)29(35)34-21-26(22-11-3-1-4-12-22)23-13-5-2-6-14-23/h1-8,11-16,26-28,33H,9-10,17-21,31H2,(H,32,36)(H,34,35)/p+1/t27-,28-/m0/s1. The van der Waals surface area contributed by atoms with Crippen LogP contribution in [0.3, 0.4) is 0 Å². The molecule has 0 unspecified atom stereocenters. The fourth-order valence-corrected chi connectivity index (χ4v) is 4.84. The molecule has 1 heterocycles. The summed E-state index contributed by atoms with van der Waals surface area (Å²) < 4.78 is 0. The van der Waals surface area contributed by atoms with Gasteiger partial charge in [0.2, 0.25) is 5.91 Å². The molecule has 0 aliphatic carbocycles. The average molecular weight is 486 g/mol. The van der Waals surface area contributed by atoms with Crippen molar-refractivity contribution in [2.24, 2.45) is 5.73 Å². The van der Waals surface area contributed by atoms with E-state index in [4.69, 9.17) is 5.73 Å². The van der Waals surface area contributed by atoms with E-state index < -0.39 is 6.04 Å². The summed E-state index contributed by atoms with van der Waals surface area (Å²) in [6.45, 7) is 1.94. The third kappa shape index (κ3) is 7.03. The Balaban J connectivity index is 1.16. The smallest absolute Gasteiger partial charge is 0.278 e. The molecule has 0 saturated carbocycles. The van der Waals surface area contributed by atoms with Crippen LogP contribution >= 0.6 is 0 Å². The lowest BCUT2D eigenvalue weighted by atomic mass is 9.91. The quantitative estimate of drug-likeness (QED) is 0.313. The fourth-order valence-electron chi connectivity index (χ4n) is 4.84. The van der Waals surface area contributed by atoms with E-state index in [0.29, 0.717) is 19.5 Å². The van der Waals surface area contributed by atoms with Gasteiger partial charge in [-0.3, -0.25) is 9.59 Å². The average Bonchev–Trinajstić information content (AvgIpc) is 2.93. The molecule has 0 fully saturated rings. The van der Waals surface area contributed by atoms with Crippen LogP contribution in [0.1, 0.15) is 47.4 Å². The van der Waals surface area contributed by atoms with Crippen molar-refractivity contribution in [2.75, 3.05) is 13.1 Å². The van der Waals surface area contributed by atoms with E-state index in [0.717, 1.165) is 36.9 Å². The monoisotopic (exact) mass is 485 g/mol. The number of carbonyl (C=O) groups excluding carboxylic acids is 2. The van der Waals surface area contributed by atoms with Crippen LogP contribution < -0.4 is 21.7 Å². The van der Waals surface area contributed by atoms with Crippen LogP contribution in [0.4, 0.5) is 0 Å². The maximum Gasteiger partial charge on any atom is 0.278 e. The first-order valence-corrected chi connectivity index (χ1v) is 12.9. The van der Waals surface area contributed by atoms with Gasteiger partial charge in [-0.05, 0) is 36.0 Å². The number of fused-ring (bicyclic) bond motifs is 1. The highest BCUT2D eigenvalue weighted by atomic mass is 16.2. The number of unbranched alkanes of at least 4 members (excludes halogenated alkanes) is 1. The zero-order valence-corrected chi connectivity index (χ0v) is 20.7. The molecule has 2 atom stereocenters. The van der Waals surface area contributed by atoms with Crippen LogP contribution in [0.25, 0.3) is 0 Å². The molecule has 0 radical (unpaired) electrons. The van der Waals surface area contributed by atoms with E-state index >= 15 is 0 Å². The van der Waals surface area contributed by atoms with Gasteiger partial charge in [0.05, 0.1) is 6.04 Å². The number of hydrogen-bond donors (Lipinski definition) is 4. The van der Waals surface area contributed by atoms with Gasteiger partial charge in [-0.15, -0.1) is 0 Å². The highest BCUT2D eigenvalue weighted by Gasteiger charge is 2.27. The fraction of sp³-hybridized carbons (Fsp3) is 0.333. The number of hydrogen-bond acceptors (Lipinski definition) is 3. The molecule has 6 heteroatoms. The van der Waals surface area contributed by atoms with E-state index in [1.807, 2.05) is 48.5 Å². The normalized spacial score (nSPS) is 15.7. The first-order valence-electron chi connectivity index (χ1n) is 12.9. The van der Waals surface area contributed by atoms with Gasteiger partial charge in [-0.1, -0.05) is 84.9 Å². The van der Waals surface area contributed by atoms with Crippen LogP contribution in [0.15, 0.2) is 84.9 Å². The maximum absolute atomic E-state index is 12.7. The Labute approximate surface area is 213 Å². The number of quaternary nitrogens is 1. The Hall–Kier alpha value is -3.48. The summed E-state index contributed by atoms with van der Waals surface area (Å²) in [5, 5.41) is 8.21. The van der Waals surface area contributed by atoms with Crippen molar-refractivity contribution in [3.63, 3.8) is 0 Å². The number of rotatable bonds is 11. The molecule has 0 saturated heterocycles. The third-order valence-corrected chi connectivity index (χ3v) is 6.98. The minimum Gasteiger partial charge on any atom is -0.354 e. The molecule has 1 aliphatic rings. The van der Waals surface area contributed by atoms with Crippen molar-refractivity contribution in [1.82, 2.24) is 10.6 Å². The minimum absolute atomic E-state index is 0.0716. The van der Waals surface area contributed by atoms with Crippen molar-refractivity contribution in [2.45, 2.75) is 50.2 Å². The maximum atomic E-state index is 12.7. The molecular weight excluding hydrogens is 448 g/mol. The Morgan fingerprint density at radius 1 is 0.833 bits per heavy atom. The van der Waals surface area contributed by atoms with Gasteiger partial charge in [0, 0.05) is 31.0 Å². The van der Waals surface area contributed by atoms with Crippen LogP contribution in [-0.4, -0.2) is 37.0 Å². The Morgan fingerprint density at radius 3 is 2.11 bits per heavy atom. The predicted octanol–water partition coefficient (Wildman–Crippen LogP) is 2.24. The van der Waals surface area contributed by atoms with Crippen LogP contribution in [0, 0.1) is 0 Å². The first kappa shape index (κ1) is 25.6. The summed E-state index contributed by atoms with van der Waals surface area (Å²) in [4.78, 5) is 25.2. The number of benzene rings is 3. The number of carbonyl (C=O) groups is 2.